The van der Waals surface area contributed by atoms with Crippen molar-refractivity contribution >= 4 is 59.3 Å². The van der Waals surface area contributed by atoms with Gasteiger partial charge in [-0.05, 0) is 68.7 Å². The average Bonchev–Trinajstić information content (AvgIpc) is 3.11. The zero-order valence-corrected chi connectivity index (χ0v) is 18.0. The summed E-state index contributed by atoms with van der Waals surface area (Å²) in [6.07, 6.45) is 2.28. The Morgan fingerprint density at radius 2 is 2.04 bits per heavy atom. The number of rotatable bonds is 6. The molecule has 0 spiro atoms. The molecule has 1 aromatic carbocycles. The van der Waals surface area contributed by atoms with E-state index in [1.807, 2.05) is 48.6 Å². The fourth-order valence-corrected chi connectivity index (χ4v) is 3.65. The van der Waals surface area contributed by atoms with Crippen LogP contribution in [-0.2, 0) is 11.2 Å². The van der Waals surface area contributed by atoms with Gasteiger partial charge < -0.3 is 15.5 Å². The van der Waals surface area contributed by atoms with Crippen LogP contribution in [0.4, 0.5) is 11.4 Å². The highest BCUT2D eigenvalue weighted by molar-refractivity contribution is 7.12. The quantitative estimate of drug-likeness (QED) is 0.560. The standard InChI is InChI=1S/C19H24N4OS.2ClH/c1-22(2)10-4-11-23-16-8-7-15(13-14(16)6-9-18(23)24)21-19(20)17-5-3-12-25-17;;/h3,5,7-8,12-13H,4,6,9-11H2,1-2H3,(H2,20,21);2*1H. The highest BCUT2D eigenvalue weighted by atomic mass is 35.5. The highest BCUT2D eigenvalue weighted by Gasteiger charge is 2.23. The van der Waals surface area contributed by atoms with E-state index in [-0.39, 0.29) is 30.7 Å². The second kappa shape index (κ2) is 10.7. The van der Waals surface area contributed by atoms with Gasteiger partial charge in [-0.1, -0.05) is 6.07 Å². The number of nitrogens with two attached hydrogens (primary N) is 1. The third-order valence-electron chi connectivity index (χ3n) is 4.27. The second-order valence-corrected chi connectivity index (χ2v) is 7.44. The molecule has 0 radical (unpaired) electrons. The number of fused-ring (bicyclic) bond motifs is 1. The zero-order chi connectivity index (χ0) is 17.8. The van der Waals surface area contributed by atoms with E-state index in [1.54, 1.807) is 11.3 Å². The van der Waals surface area contributed by atoms with Gasteiger partial charge in [-0.3, -0.25) is 4.79 Å². The van der Waals surface area contributed by atoms with E-state index < -0.39 is 0 Å². The Balaban J connectivity index is 0.00000182. The average molecular weight is 429 g/mol. The van der Waals surface area contributed by atoms with Gasteiger partial charge >= 0.3 is 0 Å². The predicted octanol–water partition coefficient (Wildman–Crippen LogP) is 3.86. The largest absolute Gasteiger partial charge is 0.383 e. The summed E-state index contributed by atoms with van der Waals surface area (Å²) in [7, 11) is 4.10. The number of carbonyl (C=O) groups excluding carboxylic acids is 1. The van der Waals surface area contributed by atoms with Crippen molar-refractivity contribution in [2.75, 3.05) is 32.1 Å². The van der Waals surface area contributed by atoms with Crippen molar-refractivity contribution in [3.05, 3.63) is 46.2 Å². The summed E-state index contributed by atoms with van der Waals surface area (Å²) in [4.78, 5) is 21.9. The first-order valence-electron chi connectivity index (χ1n) is 8.50. The summed E-state index contributed by atoms with van der Waals surface area (Å²) in [6.45, 7) is 1.72. The van der Waals surface area contributed by atoms with E-state index >= 15 is 0 Å². The summed E-state index contributed by atoms with van der Waals surface area (Å²) in [5.41, 5.74) is 9.11. The molecule has 27 heavy (non-hydrogen) atoms. The molecule has 1 amide bonds. The Bertz CT molecular complexity index is 778. The number of amidine groups is 1. The molecule has 2 heterocycles. The summed E-state index contributed by atoms with van der Waals surface area (Å²) >= 11 is 1.58. The van der Waals surface area contributed by atoms with Crippen LogP contribution in [0.3, 0.4) is 0 Å². The lowest BCUT2D eigenvalue weighted by Gasteiger charge is -2.30. The molecule has 1 aromatic heterocycles. The smallest absolute Gasteiger partial charge is 0.227 e. The first-order valence-corrected chi connectivity index (χ1v) is 9.38. The number of aryl methyl sites for hydroxylation is 1. The van der Waals surface area contributed by atoms with E-state index in [0.29, 0.717) is 12.3 Å². The van der Waals surface area contributed by atoms with Crippen molar-refractivity contribution in [1.82, 2.24) is 4.90 Å². The Labute approximate surface area is 177 Å². The van der Waals surface area contributed by atoms with E-state index in [1.165, 1.54) is 5.56 Å². The molecule has 148 valence electrons. The Hall–Kier alpha value is -1.60. The fourth-order valence-electron chi connectivity index (χ4n) is 3.02. The number of amides is 1. The number of nitrogens with zero attached hydrogens (tertiary/aromatic N) is 3. The normalized spacial score (nSPS) is 13.8. The summed E-state index contributed by atoms with van der Waals surface area (Å²) in [5.74, 6) is 0.741. The monoisotopic (exact) mass is 428 g/mol. The number of hydrogen-bond donors (Lipinski definition) is 1. The molecule has 5 nitrogen and oxygen atoms in total. The maximum Gasteiger partial charge on any atom is 0.227 e. The number of thiophene rings is 1. The third kappa shape index (κ3) is 5.94. The zero-order valence-electron chi connectivity index (χ0n) is 15.6. The number of aliphatic imine (C=N–C) groups is 1. The minimum atomic E-state index is 0. The van der Waals surface area contributed by atoms with Gasteiger partial charge in [-0.15, -0.1) is 36.2 Å². The molecule has 1 aliphatic heterocycles. The first kappa shape index (κ1) is 23.4. The van der Waals surface area contributed by atoms with Crippen molar-refractivity contribution in [2.45, 2.75) is 19.3 Å². The molecule has 2 N–H and O–H groups in total. The van der Waals surface area contributed by atoms with Crippen LogP contribution in [0, 0.1) is 0 Å². The van der Waals surface area contributed by atoms with E-state index in [4.69, 9.17) is 5.73 Å². The van der Waals surface area contributed by atoms with Crippen LogP contribution in [0.5, 0.6) is 0 Å². The Kier molecular flexibility index (Phi) is 9.26. The maximum absolute atomic E-state index is 12.3. The molecule has 8 heteroatoms. The molecular weight excluding hydrogens is 403 g/mol. The summed E-state index contributed by atoms with van der Waals surface area (Å²) in [6, 6.07) is 9.93. The minimum absolute atomic E-state index is 0. The second-order valence-electron chi connectivity index (χ2n) is 6.49. The number of halogens is 2. The molecular formula is C19H26Cl2N4OS. The minimum Gasteiger partial charge on any atom is -0.383 e. The molecule has 0 aliphatic carbocycles. The van der Waals surface area contributed by atoms with Crippen LogP contribution in [0.25, 0.3) is 0 Å². The molecule has 0 unspecified atom stereocenters. The topological polar surface area (TPSA) is 61.9 Å². The van der Waals surface area contributed by atoms with Crippen LogP contribution in [0.2, 0.25) is 0 Å². The molecule has 0 saturated heterocycles. The van der Waals surface area contributed by atoms with Gasteiger partial charge in [-0.25, -0.2) is 4.99 Å². The first-order chi connectivity index (χ1) is 12.0. The van der Waals surface area contributed by atoms with Crippen LogP contribution >= 0.6 is 36.2 Å². The van der Waals surface area contributed by atoms with Crippen molar-refractivity contribution in [2.24, 2.45) is 10.7 Å². The van der Waals surface area contributed by atoms with Crippen LogP contribution < -0.4 is 10.6 Å². The maximum atomic E-state index is 12.3. The van der Waals surface area contributed by atoms with Crippen LogP contribution in [0.1, 0.15) is 23.3 Å². The fraction of sp³-hybridized carbons (Fsp3) is 0.368. The Morgan fingerprint density at radius 1 is 1.26 bits per heavy atom. The van der Waals surface area contributed by atoms with Gasteiger partial charge in [0.25, 0.3) is 0 Å². The molecule has 3 rings (SSSR count). The van der Waals surface area contributed by atoms with Crippen LogP contribution in [0.15, 0.2) is 40.7 Å². The van der Waals surface area contributed by atoms with Crippen LogP contribution in [-0.4, -0.2) is 43.8 Å². The van der Waals surface area contributed by atoms with E-state index in [2.05, 4.69) is 16.0 Å². The van der Waals surface area contributed by atoms with Crippen molar-refractivity contribution in [1.29, 1.82) is 0 Å². The highest BCUT2D eigenvalue weighted by Crippen LogP contribution is 2.31. The Morgan fingerprint density at radius 3 is 2.70 bits per heavy atom. The number of anilines is 1. The van der Waals surface area contributed by atoms with Crippen molar-refractivity contribution in [3.8, 4) is 0 Å². The van der Waals surface area contributed by atoms with Gasteiger partial charge in [0.15, 0.2) is 0 Å². The lowest BCUT2D eigenvalue weighted by Crippen LogP contribution is -2.36. The summed E-state index contributed by atoms with van der Waals surface area (Å²) < 4.78 is 0. The predicted molar refractivity (Wildman–Crippen MR) is 119 cm³/mol. The van der Waals surface area contributed by atoms with E-state index in [0.717, 1.165) is 42.2 Å². The van der Waals surface area contributed by atoms with Gasteiger partial charge in [0.1, 0.15) is 5.84 Å². The van der Waals surface area contributed by atoms with Gasteiger partial charge in [0, 0.05) is 18.7 Å². The molecule has 0 bridgehead atoms. The lowest BCUT2D eigenvalue weighted by atomic mass is 10.00. The summed E-state index contributed by atoms with van der Waals surface area (Å²) in [5, 5.41) is 1.99. The molecule has 0 fully saturated rings. The van der Waals surface area contributed by atoms with Gasteiger partial charge in [0.2, 0.25) is 5.91 Å². The van der Waals surface area contributed by atoms with E-state index in [9.17, 15) is 4.79 Å². The number of carbonyl (C=O) groups is 1. The SMILES string of the molecule is CN(C)CCCN1C(=O)CCc2cc(N=C(N)c3cccs3)ccc21.Cl.Cl. The van der Waals surface area contributed by atoms with Gasteiger partial charge in [-0.2, -0.15) is 0 Å². The van der Waals surface area contributed by atoms with Gasteiger partial charge in [0.05, 0.1) is 10.6 Å². The number of hydrogen-bond acceptors (Lipinski definition) is 4. The van der Waals surface area contributed by atoms with Crippen molar-refractivity contribution < 1.29 is 4.79 Å². The number of benzene rings is 1. The molecule has 0 saturated carbocycles. The molecule has 0 atom stereocenters. The molecule has 2 aromatic rings. The van der Waals surface area contributed by atoms with Crippen molar-refractivity contribution in [3.63, 3.8) is 0 Å². The molecule has 1 aliphatic rings. The third-order valence-corrected chi connectivity index (χ3v) is 5.17. The lowest BCUT2D eigenvalue weighted by molar-refractivity contribution is -0.118.